The van der Waals surface area contributed by atoms with Crippen LogP contribution in [0.3, 0.4) is 0 Å². The molecule has 5 nitrogen and oxygen atoms in total. The van der Waals surface area contributed by atoms with Gasteiger partial charge < -0.3 is 4.74 Å². The Balaban J connectivity index is 2.09. The van der Waals surface area contributed by atoms with E-state index in [4.69, 9.17) is 4.74 Å². The van der Waals surface area contributed by atoms with Gasteiger partial charge in [-0.1, -0.05) is 37.7 Å². The first kappa shape index (κ1) is 19.1. The molecule has 0 aliphatic heterocycles. The van der Waals surface area contributed by atoms with Crippen LogP contribution in [0.1, 0.15) is 37.9 Å². The molecule has 3 rings (SSSR count). The molecule has 2 aromatic heterocycles. The van der Waals surface area contributed by atoms with E-state index in [9.17, 15) is 9.18 Å². The van der Waals surface area contributed by atoms with Crippen LogP contribution in [0.25, 0.3) is 0 Å². The molecule has 0 saturated carbocycles. The summed E-state index contributed by atoms with van der Waals surface area (Å²) >= 11 is 1.40. The molecule has 1 aromatic carbocycles. The van der Waals surface area contributed by atoms with E-state index in [1.54, 1.807) is 18.5 Å². The van der Waals surface area contributed by atoms with Crippen LogP contribution in [0, 0.1) is 5.82 Å². The van der Waals surface area contributed by atoms with Crippen molar-refractivity contribution in [3.8, 4) is 6.01 Å². The van der Waals surface area contributed by atoms with E-state index >= 15 is 0 Å². The Hall–Kier alpha value is -2.67. The Bertz CT molecular complexity index is 942. The minimum atomic E-state index is -0.440. The normalized spacial score (nSPS) is 11.0. The van der Waals surface area contributed by atoms with Gasteiger partial charge in [-0.25, -0.2) is 4.39 Å². The van der Waals surface area contributed by atoms with Crippen LogP contribution in [0.4, 0.5) is 4.39 Å². The molecule has 0 aliphatic carbocycles. The Morgan fingerprint density at radius 1 is 1.30 bits per heavy atom. The minimum Gasteiger partial charge on any atom is -0.392 e. The van der Waals surface area contributed by atoms with Gasteiger partial charge in [0.25, 0.3) is 0 Å². The molecule has 0 bridgehead atoms. The van der Waals surface area contributed by atoms with Crippen LogP contribution in [0.15, 0.2) is 58.7 Å². The largest absolute Gasteiger partial charge is 0.392 e. The quantitative estimate of drug-likeness (QED) is 0.578. The second-order valence-electron chi connectivity index (χ2n) is 6.34. The summed E-state index contributed by atoms with van der Waals surface area (Å²) in [5.74, 6) is -0.639. The third kappa shape index (κ3) is 4.74. The van der Waals surface area contributed by atoms with Crippen LogP contribution in [-0.2, 0) is 11.3 Å². The average Bonchev–Trinajstić information content (AvgIpc) is 2.93. The van der Waals surface area contributed by atoms with Gasteiger partial charge in [0.15, 0.2) is 0 Å². The number of imidazole rings is 1. The number of ether oxygens (including phenoxy) is 1. The summed E-state index contributed by atoms with van der Waals surface area (Å²) < 4.78 is 20.8. The summed E-state index contributed by atoms with van der Waals surface area (Å²) in [6.07, 6.45) is 3.45. The molecular formula is C20H20FN3O2S. The van der Waals surface area contributed by atoms with Gasteiger partial charge in [-0.3, -0.25) is 14.3 Å². The van der Waals surface area contributed by atoms with Crippen molar-refractivity contribution in [1.29, 1.82) is 0 Å². The third-order valence-electron chi connectivity index (χ3n) is 3.77. The number of hydrogen-bond donors (Lipinski definition) is 0. The Morgan fingerprint density at radius 2 is 2.11 bits per heavy atom. The number of halogens is 1. The molecule has 140 valence electrons. The molecule has 0 unspecified atom stereocenters. The highest BCUT2D eigenvalue weighted by molar-refractivity contribution is 7.99. The number of esters is 1. The number of hydrogen-bond acceptors (Lipinski definition) is 5. The fourth-order valence-corrected chi connectivity index (χ4v) is 3.76. The lowest BCUT2D eigenvalue weighted by molar-refractivity contribution is -0.132. The molecule has 0 spiro atoms. The van der Waals surface area contributed by atoms with Crippen LogP contribution in [0.2, 0.25) is 0 Å². The Morgan fingerprint density at radius 3 is 2.74 bits per heavy atom. The summed E-state index contributed by atoms with van der Waals surface area (Å²) in [5.41, 5.74) is 1.74. The van der Waals surface area contributed by atoms with Gasteiger partial charge in [-0.2, -0.15) is 4.98 Å². The summed E-state index contributed by atoms with van der Waals surface area (Å²) in [6, 6.07) is 10.4. The molecule has 3 aromatic rings. The smallest absolute Gasteiger partial charge is 0.310 e. The molecule has 0 aliphatic rings. The summed E-state index contributed by atoms with van der Waals surface area (Å²) in [5, 5.41) is 0.815. The first-order valence-corrected chi connectivity index (χ1v) is 9.37. The third-order valence-corrected chi connectivity index (χ3v) is 4.88. The van der Waals surface area contributed by atoms with E-state index < -0.39 is 5.97 Å². The number of benzene rings is 1. The lowest BCUT2D eigenvalue weighted by Gasteiger charge is -2.12. The summed E-state index contributed by atoms with van der Waals surface area (Å²) in [7, 11) is 0. The fraction of sp³-hybridized carbons (Fsp3) is 0.250. The maximum absolute atomic E-state index is 13.6. The van der Waals surface area contributed by atoms with Gasteiger partial charge >= 0.3 is 12.0 Å². The number of carbonyl (C=O) groups is 1. The Labute approximate surface area is 161 Å². The lowest BCUT2D eigenvalue weighted by Crippen LogP contribution is -2.10. The van der Waals surface area contributed by atoms with Gasteiger partial charge in [0.05, 0.1) is 12.2 Å². The molecule has 2 heterocycles. The number of aromatic nitrogens is 3. The van der Waals surface area contributed by atoms with Gasteiger partial charge in [0.1, 0.15) is 10.8 Å². The van der Waals surface area contributed by atoms with Crippen LogP contribution >= 0.6 is 11.8 Å². The maximum Gasteiger partial charge on any atom is 0.310 e. The topological polar surface area (TPSA) is 57.0 Å². The van der Waals surface area contributed by atoms with Gasteiger partial charge in [-0.15, -0.1) is 0 Å². The zero-order valence-electron chi connectivity index (χ0n) is 15.3. The molecule has 0 atom stereocenters. The first-order valence-electron chi connectivity index (χ1n) is 8.55. The molecule has 7 heteroatoms. The van der Waals surface area contributed by atoms with Crippen molar-refractivity contribution in [2.24, 2.45) is 0 Å². The van der Waals surface area contributed by atoms with Gasteiger partial charge in [-0.05, 0) is 35.7 Å². The zero-order valence-corrected chi connectivity index (χ0v) is 16.2. The predicted octanol–water partition coefficient (Wildman–Crippen LogP) is 4.67. The average molecular weight is 385 g/mol. The number of pyridine rings is 1. The molecule has 0 N–H and O–H groups in total. The van der Waals surface area contributed by atoms with Crippen molar-refractivity contribution in [3.05, 3.63) is 65.9 Å². The summed E-state index contributed by atoms with van der Waals surface area (Å²) in [6.45, 7) is 5.82. The van der Waals surface area contributed by atoms with Crippen LogP contribution in [-0.4, -0.2) is 20.5 Å². The van der Waals surface area contributed by atoms with Crippen LogP contribution < -0.4 is 4.74 Å². The number of nitrogens with zero attached hydrogens (tertiary/aromatic N) is 3. The lowest BCUT2D eigenvalue weighted by atomic mass is 10.1. The van der Waals surface area contributed by atoms with E-state index in [1.165, 1.54) is 30.8 Å². The van der Waals surface area contributed by atoms with Crippen molar-refractivity contribution < 1.29 is 13.9 Å². The fourth-order valence-electron chi connectivity index (χ4n) is 2.58. The molecule has 0 saturated heterocycles. The van der Waals surface area contributed by atoms with Crippen molar-refractivity contribution in [1.82, 2.24) is 14.5 Å². The van der Waals surface area contributed by atoms with E-state index in [0.29, 0.717) is 6.54 Å². The van der Waals surface area contributed by atoms with Crippen LogP contribution in [0.5, 0.6) is 6.01 Å². The van der Waals surface area contributed by atoms with Gasteiger partial charge in [0, 0.05) is 24.2 Å². The monoisotopic (exact) mass is 385 g/mol. The first-order chi connectivity index (χ1) is 12.9. The maximum atomic E-state index is 13.6. The number of carbonyl (C=O) groups excluding carboxylic acids is 1. The van der Waals surface area contributed by atoms with E-state index in [0.717, 1.165) is 21.2 Å². The Kier molecular flexibility index (Phi) is 5.91. The molecular weight excluding hydrogens is 365 g/mol. The predicted molar refractivity (Wildman–Crippen MR) is 101 cm³/mol. The van der Waals surface area contributed by atoms with Gasteiger partial charge in [0.2, 0.25) is 0 Å². The minimum absolute atomic E-state index is 0.102. The SMILES string of the molecule is CC(=O)Oc1nc(C(C)C)c(Sc2cccc(F)c2)n1Cc1cccnc1. The van der Waals surface area contributed by atoms with Crippen molar-refractivity contribution in [3.63, 3.8) is 0 Å². The van der Waals surface area contributed by atoms with Crippen molar-refractivity contribution in [2.75, 3.05) is 0 Å². The van der Waals surface area contributed by atoms with E-state index in [2.05, 4.69) is 9.97 Å². The second kappa shape index (κ2) is 8.35. The molecule has 27 heavy (non-hydrogen) atoms. The second-order valence-corrected chi connectivity index (χ2v) is 7.40. The van der Waals surface area contributed by atoms with Crippen molar-refractivity contribution in [2.45, 2.75) is 43.2 Å². The zero-order chi connectivity index (χ0) is 19.4. The molecule has 0 amide bonds. The van der Waals surface area contributed by atoms with E-state index in [1.807, 2.05) is 36.6 Å². The standard InChI is InChI=1S/C20H20FN3O2S/c1-13(2)18-19(27-17-8-4-7-16(21)10-17)24(20(23-18)26-14(3)25)12-15-6-5-9-22-11-15/h4-11,13H,12H2,1-3H3. The molecule has 0 radical (unpaired) electrons. The number of rotatable bonds is 6. The van der Waals surface area contributed by atoms with Crippen molar-refractivity contribution >= 4 is 17.7 Å². The summed E-state index contributed by atoms with van der Waals surface area (Å²) in [4.78, 5) is 21.0. The highest BCUT2D eigenvalue weighted by Gasteiger charge is 2.23. The van der Waals surface area contributed by atoms with E-state index in [-0.39, 0.29) is 17.7 Å². The highest BCUT2D eigenvalue weighted by atomic mass is 32.2. The molecule has 0 fully saturated rings. The highest BCUT2D eigenvalue weighted by Crippen LogP contribution is 2.37.